The van der Waals surface area contributed by atoms with E-state index in [1.165, 1.54) is 0 Å². The van der Waals surface area contributed by atoms with Gasteiger partial charge in [-0.25, -0.2) is 0 Å². The number of hydrogen-bond acceptors (Lipinski definition) is 4. The summed E-state index contributed by atoms with van der Waals surface area (Å²) >= 11 is 0. The fraction of sp³-hybridized carbons (Fsp3) is 0.350. The maximum atomic E-state index is 13.4. The molecular weight excluding hydrogens is 335 g/mol. The van der Waals surface area contributed by atoms with Gasteiger partial charge in [-0.1, -0.05) is 54.6 Å². The lowest BCUT2D eigenvalue weighted by Gasteiger charge is -2.27. The van der Waals surface area contributed by atoms with Crippen molar-refractivity contribution in [3.8, 4) is 0 Å². The topological polar surface area (TPSA) is 52.6 Å². The van der Waals surface area contributed by atoms with E-state index in [1.54, 1.807) is 26.0 Å². The second kappa shape index (κ2) is 9.10. The second-order valence-corrected chi connectivity index (χ2v) is 7.96. The molecule has 0 radical (unpaired) electrons. The summed E-state index contributed by atoms with van der Waals surface area (Å²) in [6.45, 7) is 6.02. The van der Waals surface area contributed by atoms with Crippen LogP contribution < -0.4 is 0 Å². The molecule has 134 valence electrons. The quantitative estimate of drug-likeness (QED) is 0.433. The number of carbonyl (C=O) groups excluding carboxylic acids is 1. The van der Waals surface area contributed by atoms with Crippen LogP contribution in [0.5, 0.6) is 0 Å². The van der Waals surface area contributed by atoms with Crippen molar-refractivity contribution in [2.45, 2.75) is 32.9 Å². The van der Waals surface area contributed by atoms with Crippen LogP contribution in [0, 0.1) is 6.92 Å². The van der Waals surface area contributed by atoms with Gasteiger partial charge in [0.05, 0.1) is 18.9 Å². The Morgan fingerprint density at radius 2 is 1.52 bits per heavy atom. The molecule has 0 aromatic heterocycles. The Hall–Kier alpha value is -1.74. The van der Waals surface area contributed by atoms with Gasteiger partial charge in [0.15, 0.2) is 5.78 Å². The molecule has 0 bridgehead atoms. The van der Waals surface area contributed by atoms with Gasteiger partial charge in [0.25, 0.3) is 0 Å². The number of hydrogen-bond donors (Lipinski definition) is 0. The highest BCUT2D eigenvalue weighted by Crippen LogP contribution is 2.63. The van der Waals surface area contributed by atoms with Crippen LogP contribution in [0.3, 0.4) is 0 Å². The zero-order valence-corrected chi connectivity index (χ0v) is 15.9. The van der Waals surface area contributed by atoms with Crippen LogP contribution in [-0.2, 0) is 13.6 Å². The molecule has 0 spiro atoms. The minimum absolute atomic E-state index is 0.0755. The van der Waals surface area contributed by atoms with Gasteiger partial charge in [0, 0.05) is 12.0 Å². The van der Waals surface area contributed by atoms with Crippen molar-refractivity contribution in [1.29, 1.82) is 0 Å². The molecule has 1 atom stereocenters. The van der Waals surface area contributed by atoms with Crippen molar-refractivity contribution in [2.75, 3.05) is 13.2 Å². The lowest BCUT2D eigenvalue weighted by atomic mass is 9.99. The first-order valence-electron chi connectivity index (χ1n) is 8.54. The molecule has 0 aliphatic carbocycles. The molecule has 0 saturated heterocycles. The molecular formula is C20H25O4P. The summed E-state index contributed by atoms with van der Waals surface area (Å²) < 4.78 is 24.6. The minimum atomic E-state index is -3.47. The lowest BCUT2D eigenvalue weighted by molar-refractivity contribution is 0.0973. The Labute approximate surface area is 149 Å². The number of rotatable bonds is 9. The number of aryl methyl sites for hydroxylation is 1. The molecule has 0 aliphatic heterocycles. The predicted octanol–water partition coefficient (Wildman–Crippen LogP) is 5.58. The SMILES string of the molecule is CCOP(=O)(OCC)[C@@H](CC(=O)c1ccccc1)c1ccccc1C. The second-order valence-electron chi connectivity index (χ2n) is 5.74. The van der Waals surface area contributed by atoms with Crippen LogP contribution in [0.2, 0.25) is 0 Å². The zero-order chi connectivity index (χ0) is 18.3. The van der Waals surface area contributed by atoms with Gasteiger partial charge in [-0.05, 0) is 31.9 Å². The van der Waals surface area contributed by atoms with E-state index in [0.717, 1.165) is 11.1 Å². The largest absolute Gasteiger partial charge is 0.338 e. The number of carbonyl (C=O) groups is 1. The van der Waals surface area contributed by atoms with Crippen LogP contribution in [0.25, 0.3) is 0 Å². The fourth-order valence-electron chi connectivity index (χ4n) is 2.85. The van der Waals surface area contributed by atoms with Crippen molar-refractivity contribution in [2.24, 2.45) is 0 Å². The van der Waals surface area contributed by atoms with E-state index in [-0.39, 0.29) is 25.4 Å². The van der Waals surface area contributed by atoms with E-state index in [9.17, 15) is 9.36 Å². The standard InChI is InChI=1S/C20H25O4P/c1-4-23-25(22,24-5-2)20(18-14-10-9-11-16(18)3)15-19(21)17-12-7-6-8-13-17/h6-14,20H,4-5,15H2,1-3H3/t20-/m0/s1. The maximum Gasteiger partial charge on any atom is 0.338 e. The predicted molar refractivity (Wildman–Crippen MR) is 100 cm³/mol. The fourth-order valence-corrected chi connectivity index (χ4v) is 5.02. The molecule has 25 heavy (non-hydrogen) atoms. The van der Waals surface area contributed by atoms with E-state index in [4.69, 9.17) is 9.05 Å². The third-order valence-corrected chi connectivity index (χ3v) is 6.48. The van der Waals surface area contributed by atoms with Crippen LogP contribution in [0.15, 0.2) is 54.6 Å². The highest BCUT2D eigenvalue weighted by molar-refractivity contribution is 7.54. The van der Waals surface area contributed by atoms with Crippen LogP contribution in [-0.4, -0.2) is 19.0 Å². The highest BCUT2D eigenvalue weighted by atomic mass is 31.2. The Morgan fingerprint density at radius 3 is 2.08 bits per heavy atom. The molecule has 4 nitrogen and oxygen atoms in total. The Bertz CT molecular complexity index is 732. The third kappa shape index (κ3) is 4.88. The third-order valence-electron chi connectivity index (χ3n) is 4.02. The Morgan fingerprint density at radius 1 is 0.960 bits per heavy atom. The van der Waals surface area contributed by atoms with Gasteiger partial charge >= 0.3 is 7.60 Å². The Balaban J connectivity index is 2.43. The molecule has 2 rings (SSSR count). The van der Waals surface area contributed by atoms with Gasteiger partial charge in [-0.15, -0.1) is 0 Å². The van der Waals surface area contributed by atoms with Gasteiger partial charge < -0.3 is 9.05 Å². The molecule has 0 unspecified atom stereocenters. The number of ketones is 1. The normalized spacial score (nSPS) is 12.8. The average molecular weight is 360 g/mol. The van der Waals surface area contributed by atoms with Crippen LogP contribution in [0.1, 0.15) is 47.4 Å². The molecule has 0 fully saturated rings. The lowest BCUT2D eigenvalue weighted by Crippen LogP contribution is -2.13. The minimum Gasteiger partial charge on any atom is -0.308 e. The van der Waals surface area contributed by atoms with Crippen molar-refractivity contribution < 1.29 is 18.4 Å². The Kier molecular flexibility index (Phi) is 7.12. The van der Waals surface area contributed by atoms with Crippen molar-refractivity contribution in [1.82, 2.24) is 0 Å². The van der Waals surface area contributed by atoms with Gasteiger partial charge in [-0.2, -0.15) is 0 Å². The summed E-state index contributed by atoms with van der Waals surface area (Å²) in [4.78, 5) is 12.8. The molecule has 0 saturated carbocycles. The summed E-state index contributed by atoms with van der Waals surface area (Å²) in [6.07, 6.45) is 0.0755. The summed E-state index contributed by atoms with van der Waals surface area (Å²) in [5.74, 6) is -0.0755. The maximum absolute atomic E-state index is 13.4. The summed E-state index contributed by atoms with van der Waals surface area (Å²) in [5.41, 5.74) is 1.77. The van der Waals surface area contributed by atoms with E-state index in [0.29, 0.717) is 5.56 Å². The van der Waals surface area contributed by atoms with Crippen LogP contribution >= 0.6 is 7.60 Å². The van der Waals surface area contributed by atoms with Gasteiger partial charge in [-0.3, -0.25) is 9.36 Å². The zero-order valence-electron chi connectivity index (χ0n) is 15.0. The molecule has 2 aromatic rings. The summed E-state index contributed by atoms with van der Waals surface area (Å²) in [6, 6.07) is 16.7. The number of Topliss-reactive ketones (excluding diaryl/α,β-unsaturated/α-hetero) is 1. The van der Waals surface area contributed by atoms with Gasteiger partial charge in [0.2, 0.25) is 0 Å². The van der Waals surface area contributed by atoms with Crippen molar-refractivity contribution in [3.63, 3.8) is 0 Å². The first-order valence-corrected chi connectivity index (χ1v) is 10.2. The van der Waals surface area contributed by atoms with E-state index >= 15 is 0 Å². The first-order chi connectivity index (χ1) is 12.0. The van der Waals surface area contributed by atoms with E-state index in [1.807, 2.05) is 49.4 Å². The molecule has 0 heterocycles. The van der Waals surface area contributed by atoms with Crippen LogP contribution in [0.4, 0.5) is 0 Å². The van der Waals surface area contributed by atoms with E-state index < -0.39 is 13.3 Å². The smallest absolute Gasteiger partial charge is 0.308 e. The number of benzene rings is 2. The molecule has 0 amide bonds. The molecule has 0 N–H and O–H groups in total. The molecule has 2 aromatic carbocycles. The molecule has 5 heteroatoms. The monoisotopic (exact) mass is 360 g/mol. The van der Waals surface area contributed by atoms with E-state index in [2.05, 4.69) is 0 Å². The average Bonchev–Trinajstić information content (AvgIpc) is 2.61. The summed E-state index contributed by atoms with van der Waals surface area (Å²) in [7, 11) is -3.47. The highest BCUT2D eigenvalue weighted by Gasteiger charge is 2.39. The van der Waals surface area contributed by atoms with Gasteiger partial charge in [0.1, 0.15) is 0 Å². The first kappa shape index (κ1) is 19.6. The van der Waals surface area contributed by atoms with Crippen molar-refractivity contribution >= 4 is 13.4 Å². The van der Waals surface area contributed by atoms with Crippen molar-refractivity contribution in [3.05, 3.63) is 71.3 Å². The molecule has 0 aliphatic rings. The summed E-state index contributed by atoms with van der Waals surface area (Å²) in [5, 5.41) is 0.